The van der Waals surface area contributed by atoms with Gasteiger partial charge in [-0.3, -0.25) is 0 Å². The third-order valence-corrected chi connectivity index (χ3v) is 8.20. The summed E-state index contributed by atoms with van der Waals surface area (Å²) in [6.07, 6.45) is 9.96. The predicted molar refractivity (Wildman–Crippen MR) is 158 cm³/mol. The molecule has 0 amide bonds. The van der Waals surface area contributed by atoms with Crippen LogP contribution in [-0.2, 0) is 5.54 Å². The van der Waals surface area contributed by atoms with Crippen LogP contribution in [0.1, 0.15) is 13.3 Å². The fourth-order valence-electron chi connectivity index (χ4n) is 6.52. The van der Waals surface area contributed by atoms with Gasteiger partial charge in [-0.15, -0.1) is 0 Å². The quantitative estimate of drug-likeness (QED) is 0.236. The van der Waals surface area contributed by atoms with E-state index >= 15 is 0 Å². The van der Waals surface area contributed by atoms with Crippen LogP contribution in [0.15, 0.2) is 127 Å². The third-order valence-electron chi connectivity index (χ3n) is 8.20. The fraction of sp³-hybridized carbons (Fsp3) is 0.0857. The molecule has 0 bridgehead atoms. The Kier molecular flexibility index (Phi) is 4.16. The molecule has 1 aliphatic rings. The van der Waals surface area contributed by atoms with E-state index in [0.29, 0.717) is 0 Å². The lowest BCUT2D eigenvalue weighted by Gasteiger charge is -2.31. The summed E-state index contributed by atoms with van der Waals surface area (Å²) in [5.41, 5.74) is 6.14. The Labute approximate surface area is 215 Å². The van der Waals surface area contributed by atoms with Crippen molar-refractivity contribution in [3.63, 3.8) is 0 Å². The van der Waals surface area contributed by atoms with Crippen molar-refractivity contribution in [2.75, 3.05) is 0 Å². The molecule has 176 valence electrons. The number of benzene rings is 5. The van der Waals surface area contributed by atoms with Gasteiger partial charge in [0.1, 0.15) is 0 Å². The van der Waals surface area contributed by atoms with Gasteiger partial charge < -0.3 is 9.13 Å². The highest BCUT2D eigenvalue weighted by molar-refractivity contribution is 6.23. The molecule has 2 heteroatoms. The van der Waals surface area contributed by atoms with E-state index < -0.39 is 0 Å². The maximum absolute atomic E-state index is 2.56. The van der Waals surface area contributed by atoms with E-state index in [4.69, 9.17) is 0 Å². The molecule has 0 N–H and O–H groups in total. The van der Waals surface area contributed by atoms with Gasteiger partial charge in [-0.25, -0.2) is 0 Å². The second-order valence-electron chi connectivity index (χ2n) is 10.4. The molecule has 5 aromatic carbocycles. The van der Waals surface area contributed by atoms with E-state index in [2.05, 4.69) is 143 Å². The highest BCUT2D eigenvalue weighted by atomic mass is 15.1. The number of allylic oxidation sites excluding steroid dienone is 4. The van der Waals surface area contributed by atoms with Crippen molar-refractivity contribution in [2.24, 2.45) is 0 Å². The van der Waals surface area contributed by atoms with Gasteiger partial charge >= 0.3 is 0 Å². The molecule has 2 nitrogen and oxygen atoms in total. The molecule has 1 atom stereocenters. The topological polar surface area (TPSA) is 9.86 Å². The van der Waals surface area contributed by atoms with Crippen LogP contribution >= 0.6 is 0 Å². The first-order valence-corrected chi connectivity index (χ1v) is 13.0. The Morgan fingerprint density at radius 2 is 1.35 bits per heavy atom. The summed E-state index contributed by atoms with van der Waals surface area (Å²) < 4.78 is 5.02. The van der Waals surface area contributed by atoms with Crippen molar-refractivity contribution in [1.82, 2.24) is 9.13 Å². The predicted octanol–water partition coefficient (Wildman–Crippen LogP) is 9.28. The minimum Gasteiger partial charge on any atom is -0.331 e. The largest absolute Gasteiger partial charge is 0.331 e. The lowest BCUT2D eigenvalue weighted by atomic mass is 9.92. The van der Waals surface area contributed by atoms with Crippen LogP contribution in [0.2, 0.25) is 0 Å². The number of nitrogens with zero attached hydrogens (tertiary/aromatic N) is 2. The molecule has 2 heterocycles. The van der Waals surface area contributed by atoms with Gasteiger partial charge in [0, 0.05) is 38.1 Å². The number of fused-ring (bicyclic) bond motifs is 8. The van der Waals surface area contributed by atoms with Crippen LogP contribution in [0, 0.1) is 0 Å². The molecule has 0 spiro atoms. The first-order valence-electron chi connectivity index (χ1n) is 13.0. The fourth-order valence-corrected chi connectivity index (χ4v) is 6.52. The summed E-state index contributed by atoms with van der Waals surface area (Å²) in [5.74, 6) is 0. The lowest BCUT2D eigenvalue weighted by molar-refractivity contribution is 0.438. The number of aromatic nitrogens is 2. The second-order valence-corrected chi connectivity index (χ2v) is 10.4. The summed E-state index contributed by atoms with van der Waals surface area (Å²) in [4.78, 5) is 0. The maximum Gasteiger partial charge on any atom is 0.0643 e. The number of rotatable bonds is 2. The van der Waals surface area contributed by atoms with Crippen LogP contribution in [0.5, 0.6) is 0 Å². The number of para-hydroxylation sites is 2. The molecule has 0 aliphatic heterocycles. The molecular formula is C35H26N2. The van der Waals surface area contributed by atoms with Crippen LogP contribution < -0.4 is 0 Å². The van der Waals surface area contributed by atoms with Crippen molar-refractivity contribution >= 4 is 54.4 Å². The molecule has 1 unspecified atom stereocenters. The Balaban J connectivity index is 1.61. The molecule has 0 radical (unpaired) electrons. The number of hydrogen-bond acceptors (Lipinski definition) is 0. The summed E-state index contributed by atoms with van der Waals surface area (Å²) >= 11 is 0. The number of hydrogen-bond donors (Lipinski definition) is 0. The van der Waals surface area contributed by atoms with E-state index in [0.717, 1.165) is 6.42 Å². The van der Waals surface area contributed by atoms with Gasteiger partial charge in [-0.1, -0.05) is 97.1 Å². The Hall–Kier alpha value is -4.56. The molecule has 0 saturated carbocycles. The summed E-state index contributed by atoms with van der Waals surface area (Å²) in [7, 11) is 0. The van der Waals surface area contributed by atoms with E-state index in [9.17, 15) is 0 Å². The maximum atomic E-state index is 2.56. The lowest BCUT2D eigenvalue weighted by Crippen LogP contribution is -2.27. The van der Waals surface area contributed by atoms with Gasteiger partial charge in [0.05, 0.1) is 22.1 Å². The minimum absolute atomic E-state index is 0.125. The van der Waals surface area contributed by atoms with Crippen molar-refractivity contribution < 1.29 is 0 Å². The van der Waals surface area contributed by atoms with E-state index in [1.165, 1.54) is 60.1 Å². The summed E-state index contributed by atoms with van der Waals surface area (Å²) in [6, 6.07) is 37.8. The van der Waals surface area contributed by atoms with Gasteiger partial charge in [0.15, 0.2) is 0 Å². The average Bonchev–Trinajstić information content (AvgIpc) is 3.45. The van der Waals surface area contributed by atoms with Gasteiger partial charge in [-0.2, -0.15) is 0 Å². The average molecular weight is 475 g/mol. The monoisotopic (exact) mass is 474 g/mol. The smallest absolute Gasteiger partial charge is 0.0643 e. The molecule has 0 saturated heterocycles. The van der Waals surface area contributed by atoms with Crippen molar-refractivity contribution in [3.05, 3.63) is 127 Å². The van der Waals surface area contributed by atoms with E-state index in [-0.39, 0.29) is 5.54 Å². The Morgan fingerprint density at radius 3 is 2.19 bits per heavy atom. The van der Waals surface area contributed by atoms with Crippen molar-refractivity contribution in [3.8, 4) is 5.69 Å². The SMILES string of the molecule is CC1(n2c3ccccc3c3cc4c5ccc6ccccc6c5n(-c5ccccc5)c4cc32)C=CC=CC1. The Bertz CT molecular complexity index is 2070. The molecule has 0 fully saturated rings. The molecule has 1 aliphatic carbocycles. The van der Waals surface area contributed by atoms with Crippen LogP contribution in [0.25, 0.3) is 60.1 Å². The zero-order valence-corrected chi connectivity index (χ0v) is 20.7. The van der Waals surface area contributed by atoms with Crippen molar-refractivity contribution in [1.29, 1.82) is 0 Å². The second kappa shape index (κ2) is 7.47. The highest BCUT2D eigenvalue weighted by Gasteiger charge is 2.28. The summed E-state index contributed by atoms with van der Waals surface area (Å²) in [5, 5.41) is 7.76. The van der Waals surface area contributed by atoms with E-state index in [1.807, 2.05) is 0 Å². The first-order chi connectivity index (χ1) is 18.2. The first kappa shape index (κ1) is 20.6. The van der Waals surface area contributed by atoms with Gasteiger partial charge in [0.25, 0.3) is 0 Å². The van der Waals surface area contributed by atoms with Crippen LogP contribution in [0.4, 0.5) is 0 Å². The van der Waals surface area contributed by atoms with Gasteiger partial charge in [-0.05, 0) is 49.1 Å². The van der Waals surface area contributed by atoms with Crippen LogP contribution in [0.3, 0.4) is 0 Å². The molecule has 2 aromatic heterocycles. The van der Waals surface area contributed by atoms with Crippen LogP contribution in [-0.4, -0.2) is 9.13 Å². The molecule has 8 rings (SSSR count). The zero-order chi connectivity index (χ0) is 24.6. The minimum atomic E-state index is -0.125. The Morgan fingerprint density at radius 1 is 0.595 bits per heavy atom. The molecule has 7 aromatic rings. The highest BCUT2D eigenvalue weighted by Crippen LogP contribution is 2.43. The standard InChI is InChI=1S/C35H26N2/c1-35(20-10-3-11-21-35)37-31-17-9-8-16-27(31)29-22-30-28-19-18-24-12-6-7-15-26(24)34(28)36(32(30)23-33(29)37)25-13-4-2-5-14-25/h2-20,22-23H,21H2,1H3. The normalized spacial score (nSPS) is 17.6. The van der Waals surface area contributed by atoms with Gasteiger partial charge in [0.2, 0.25) is 0 Å². The van der Waals surface area contributed by atoms with E-state index in [1.54, 1.807) is 0 Å². The summed E-state index contributed by atoms with van der Waals surface area (Å²) in [6.45, 7) is 2.35. The third kappa shape index (κ3) is 2.81. The zero-order valence-electron chi connectivity index (χ0n) is 20.7. The van der Waals surface area contributed by atoms with Crippen molar-refractivity contribution in [2.45, 2.75) is 18.9 Å². The molecular weight excluding hydrogens is 448 g/mol. The molecule has 37 heavy (non-hydrogen) atoms.